The first-order chi connectivity index (χ1) is 15.5. The fourth-order valence-electron chi connectivity index (χ4n) is 3.77. The molecule has 0 atom stereocenters. The molecule has 32 heavy (non-hydrogen) atoms. The number of nitrogens with zero attached hydrogens (tertiary/aromatic N) is 3. The lowest BCUT2D eigenvalue weighted by Crippen LogP contribution is -2.44. The summed E-state index contributed by atoms with van der Waals surface area (Å²) >= 11 is 0. The smallest absolute Gasteiger partial charge is 0.257 e. The third-order valence-electron chi connectivity index (χ3n) is 5.63. The van der Waals surface area contributed by atoms with E-state index in [-0.39, 0.29) is 5.56 Å². The summed E-state index contributed by atoms with van der Waals surface area (Å²) < 4.78 is 0. The second-order valence-corrected chi connectivity index (χ2v) is 7.92. The summed E-state index contributed by atoms with van der Waals surface area (Å²) in [7, 11) is 2.15. The average Bonchev–Trinajstić information content (AvgIpc) is 2.81. The summed E-state index contributed by atoms with van der Waals surface area (Å²) in [5.74, 6) is 0. The Morgan fingerprint density at radius 1 is 1.16 bits per heavy atom. The zero-order valence-electron chi connectivity index (χ0n) is 18.2. The highest BCUT2D eigenvalue weighted by atomic mass is 16.1. The highest BCUT2D eigenvalue weighted by Crippen LogP contribution is 2.23. The molecule has 0 saturated carbocycles. The Bertz CT molecular complexity index is 1160. The number of hydrogen-bond donors (Lipinski definition) is 3. The summed E-state index contributed by atoms with van der Waals surface area (Å²) in [4.78, 5) is 24.2. The first kappa shape index (κ1) is 21.4. The monoisotopic (exact) mass is 428 g/mol. The van der Waals surface area contributed by atoms with Gasteiger partial charge in [-0.05, 0) is 61.2 Å². The minimum absolute atomic E-state index is 0.232. The molecule has 0 radical (unpaired) electrons. The van der Waals surface area contributed by atoms with Gasteiger partial charge in [-0.2, -0.15) is 0 Å². The van der Waals surface area contributed by atoms with Crippen LogP contribution in [0.15, 0.2) is 72.4 Å². The number of hydrogen-bond acceptors (Lipinski definition) is 6. The number of H-pyrrole nitrogens is 1. The van der Waals surface area contributed by atoms with Crippen molar-refractivity contribution in [3.05, 3.63) is 94.7 Å². The Labute approximate surface area is 187 Å². The molecule has 1 fully saturated rings. The van der Waals surface area contributed by atoms with Gasteiger partial charge < -0.3 is 25.8 Å². The van der Waals surface area contributed by atoms with Gasteiger partial charge >= 0.3 is 0 Å². The number of aromatic nitrogens is 2. The average molecular weight is 429 g/mol. The van der Waals surface area contributed by atoms with E-state index < -0.39 is 0 Å². The van der Waals surface area contributed by atoms with E-state index in [1.807, 2.05) is 30.3 Å². The van der Waals surface area contributed by atoms with Gasteiger partial charge in [-0.25, -0.2) is 0 Å². The maximum absolute atomic E-state index is 12.6. The first-order valence-electron chi connectivity index (χ1n) is 10.6. The van der Waals surface area contributed by atoms with Gasteiger partial charge in [-0.15, -0.1) is 0 Å². The van der Waals surface area contributed by atoms with Crippen LogP contribution in [-0.4, -0.2) is 48.1 Å². The maximum Gasteiger partial charge on any atom is 0.257 e. The molecule has 0 amide bonds. The van der Waals surface area contributed by atoms with Crippen LogP contribution in [-0.2, 0) is 0 Å². The van der Waals surface area contributed by atoms with Crippen LogP contribution in [0.1, 0.15) is 16.7 Å². The molecule has 0 aliphatic carbocycles. The van der Waals surface area contributed by atoms with E-state index in [1.54, 1.807) is 24.7 Å². The van der Waals surface area contributed by atoms with E-state index in [0.29, 0.717) is 22.5 Å². The quantitative estimate of drug-likeness (QED) is 0.559. The summed E-state index contributed by atoms with van der Waals surface area (Å²) in [6.07, 6.45) is 6.75. The van der Waals surface area contributed by atoms with Gasteiger partial charge in [0.05, 0.1) is 5.56 Å². The Balaban J connectivity index is 1.53. The van der Waals surface area contributed by atoms with Crippen LogP contribution in [0.5, 0.6) is 0 Å². The minimum atomic E-state index is -0.232. The second-order valence-electron chi connectivity index (χ2n) is 7.92. The Morgan fingerprint density at radius 3 is 2.59 bits per heavy atom. The van der Waals surface area contributed by atoms with Crippen molar-refractivity contribution in [2.45, 2.75) is 0 Å². The van der Waals surface area contributed by atoms with Gasteiger partial charge in [0.2, 0.25) is 0 Å². The fraction of sp³-hybridized carbons (Fsp3) is 0.200. The van der Waals surface area contributed by atoms with E-state index >= 15 is 0 Å². The highest BCUT2D eigenvalue weighted by Gasteiger charge is 2.15. The van der Waals surface area contributed by atoms with Crippen molar-refractivity contribution < 1.29 is 0 Å². The van der Waals surface area contributed by atoms with Gasteiger partial charge in [-0.1, -0.05) is 6.58 Å². The Morgan fingerprint density at radius 2 is 1.91 bits per heavy atom. The molecule has 0 bridgehead atoms. The Hall–Kier alpha value is -3.84. The van der Waals surface area contributed by atoms with Crippen LogP contribution < -0.4 is 21.5 Å². The van der Waals surface area contributed by atoms with Gasteiger partial charge in [0, 0.05) is 73.1 Å². The molecule has 164 valence electrons. The predicted molar refractivity (Wildman–Crippen MR) is 132 cm³/mol. The largest absolute Gasteiger partial charge is 0.398 e. The molecule has 1 aromatic carbocycles. The van der Waals surface area contributed by atoms with Crippen LogP contribution in [0.2, 0.25) is 0 Å². The van der Waals surface area contributed by atoms with Crippen LogP contribution in [0.25, 0.3) is 17.5 Å². The molecule has 2 aromatic heterocycles. The Kier molecular flexibility index (Phi) is 6.37. The minimum Gasteiger partial charge on any atom is -0.398 e. The lowest BCUT2D eigenvalue weighted by molar-refractivity contribution is 0.313. The van der Waals surface area contributed by atoms with Gasteiger partial charge in [-0.3, -0.25) is 9.78 Å². The molecule has 0 unspecified atom stereocenters. The van der Waals surface area contributed by atoms with Gasteiger partial charge in [0.25, 0.3) is 5.56 Å². The van der Waals surface area contributed by atoms with Crippen LogP contribution >= 0.6 is 0 Å². The van der Waals surface area contributed by atoms with E-state index in [4.69, 9.17) is 5.73 Å². The standard InChI is InChI=1S/C25H28N6O/c1-18(29-21-5-7-22(8-6-21)31-14-12-30(2)13-15-31)24-19(9-11-28-25(24)32)16-23(26)20-4-3-10-27-17-20/h3-11,16-17,29H,1,12-15,26H2,2H3,(H,28,32)/b23-16-. The number of piperazine rings is 1. The van der Waals surface area contributed by atoms with Crippen molar-refractivity contribution >= 4 is 28.8 Å². The number of aromatic amines is 1. The van der Waals surface area contributed by atoms with E-state index in [0.717, 1.165) is 37.4 Å². The molecule has 7 heteroatoms. The summed E-state index contributed by atoms with van der Waals surface area (Å²) in [6.45, 7) is 8.27. The van der Waals surface area contributed by atoms with Crippen molar-refractivity contribution in [2.75, 3.05) is 43.4 Å². The second kappa shape index (κ2) is 9.53. The summed E-state index contributed by atoms with van der Waals surface area (Å²) in [6, 6.07) is 13.7. The van der Waals surface area contributed by atoms with E-state index in [9.17, 15) is 4.79 Å². The van der Waals surface area contributed by atoms with Crippen molar-refractivity contribution in [1.29, 1.82) is 0 Å². The molecule has 4 N–H and O–H groups in total. The predicted octanol–water partition coefficient (Wildman–Crippen LogP) is 3.06. The number of rotatable bonds is 6. The molecular weight excluding hydrogens is 400 g/mol. The third-order valence-corrected chi connectivity index (χ3v) is 5.63. The highest BCUT2D eigenvalue weighted by molar-refractivity contribution is 5.86. The van der Waals surface area contributed by atoms with E-state index in [2.05, 4.69) is 50.8 Å². The number of benzene rings is 1. The molecule has 1 saturated heterocycles. The summed E-state index contributed by atoms with van der Waals surface area (Å²) in [5, 5.41) is 3.27. The molecule has 3 heterocycles. The molecule has 4 rings (SSSR count). The zero-order valence-corrected chi connectivity index (χ0v) is 18.2. The molecule has 7 nitrogen and oxygen atoms in total. The van der Waals surface area contributed by atoms with E-state index in [1.165, 1.54) is 5.69 Å². The van der Waals surface area contributed by atoms with Crippen LogP contribution in [0, 0.1) is 0 Å². The number of nitrogens with two attached hydrogens (primary N) is 1. The fourth-order valence-corrected chi connectivity index (χ4v) is 3.77. The lowest BCUT2D eigenvalue weighted by atomic mass is 10.0. The molecule has 1 aliphatic heterocycles. The zero-order chi connectivity index (χ0) is 22.5. The molecule has 0 spiro atoms. The SMILES string of the molecule is C=C(Nc1ccc(N2CCN(C)CC2)cc1)c1c(/C=C(\N)c2cccnc2)cc[nH]c1=O. The van der Waals surface area contributed by atoms with Crippen molar-refractivity contribution in [1.82, 2.24) is 14.9 Å². The van der Waals surface area contributed by atoms with Crippen LogP contribution in [0.3, 0.4) is 0 Å². The lowest BCUT2D eigenvalue weighted by Gasteiger charge is -2.34. The molecule has 1 aliphatic rings. The van der Waals surface area contributed by atoms with Crippen molar-refractivity contribution in [2.24, 2.45) is 5.73 Å². The number of likely N-dealkylation sites (N-methyl/N-ethyl adjacent to an activating group) is 1. The maximum atomic E-state index is 12.6. The molecular formula is C25H28N6O. The summed E-state index contributed by atoms with van der Waals surface area (Å²) in [5.41, 5.74) is 11.0. The molecule has 3 aromatic rings. The van der Waals surface area contributed by atoms with Crippen molar-refractivity contribution in [3.63, 3.8) is 0 Å². The normalized spacial score (nSPS) is 14.9. The van der Waals surface area contributed by atoms with Gasteiger partial charge in [0.1, 0.15) is 0 Å². The number of pyridine rings is 2. The van der Waals surface area contributed by atoms with Crippen molar-refractivity contribution in [3.8, 4) is 0 Å². The number of anilines is 2. The van der Waals surface area contributed by atoms with Gasteiger partial charge in [0.15, 0.2) is 0 Å². The number of nitrogens with one attached hydrogen (secondary N) is 2. The van der Waals surface area contributed by atoms with Crippen LogP contribution in [0.4, 0.5) is 11.4 Å². The first-order valence-corrected chi connectivity index (χ1v) is 10.6. The topological polar surface area (TPSA) is 90.3 Å². The third kappa shape index (κ3) is 4.90.